The number of aliphatic imine (C=N–C) groups is 1. The predicted molar refractivity (Wildman–Crippen MR) is 110 cm³/mol. The van der Waals surface area contributed by atoms with Gasteiger partial charge in [-0.15, -0.1) is 0 Å². The first-order chi connectivity index (χ1) is 13.0. The average molecular weight is 399 g/mol. The van der Waals surface area contributed by atoms with Gasteiger partial charge < -0.3 is 15.4 Å². The minimum Gasteiger partial charge on any atom is -0.383 e. The molecule has 1 rings (SSSR count). The summed E-state index contributed by atoms with van der Waals surface area (Å²) >= 11 is 0. The predicted octanol–water partition coefficient (Wildman–Crippen LogP) is 2.10. The highest BCUT2D eigenvalue weighted by molar-refractivity contribution is 7.89. The maximum absolute atomic E-state index is 12.3. The maximum atomic E-state index is 12.3. The normalized spacial score (nSPS) is 12.4. The highest BCUT2D eigenvalue weighted by Gasteiger charge is 2.13. The number of rotatable bonds is 12. The Labute approximate surface area is 164 Å². The molecule has 154 valence electrons. The second-order valence-corrected chi connectivity index (χ2v) is 8.06. The maximum Gasteiger partial charge on any atom is 0.240 e. The lowest BCUT2D eigenvalue weighted by Gasteiger charge is -2.16. The van der Waals surface area contributed by atoms with E-state index < -0.39 is 10.0 Å². The van der Waals surface area contributed by atoms with Crippen LogP contribution in [0.1, 0.15) is 39.2 Å². The molecule has 0 saturated carbocycles. The van der Waals surface area contributed by atoms with E-state index in [2.05, 4.69) is 34.2 Å². The first-order valence-electron chi connectivity index (χ1n) is 9.56. The van der Waals surface area contributed by atoms with Gasteiger partial charge in [0.2, 0.25) is 10.0 Å². The number of nitrogens with one attached hydrogen (secondary N) is 3. The fourth-order valence-electron chi connectivity index (χ4n) is 2.50. The molecule has 3 N–H and O–H groups in total. The van der Waals surface area contributed by atoms with Crippen LogP contribution < -0.4 is 15.4 Å². The van der Waals surface area contributed by atoms with Gasteiger partial charge in [-0.1, -0.05) is 38.8 Å². The molecule has 1 aromatic carbocycles. The Kier molecular flexibility index (Phi) is 11.0. The molecule has 0 fully saturated rings. The zero-order valence-electron chi connectivity index (χ0n) is 16.9. The van der Waals surface area contributed by atoms with Crippen LogP contribution in [-0.2, 0) is 21.3 Å². The van der Waals surface area contributed by atoms with Crippen molar-refractivity contribution in [2.75, 3.05) is 33.4 Å². The van der Waals surface area contributed by atoms with Crippen molar-refractivity contribution in [3.63, 3.8) is 0 Å². The van der Waals surface area contributed by atoms with Crippen LogP contribution in [-0.4, -0.2) is 47.7 Å². The van der Waals surface area contributed by atoms with Crippen LogP contribution in [0.25, 0.3) is 0 Å². The van der Waals surface area contributed by atoms with Crippen LogP contribution in [0.15, 0.2) is 34.2 Å². The number of sulfonamides is 1. The van der Waals surface area contributed by atoms with E-state index >= 15 is 0 Å². The summed E-state index contributed by atoms with van der Waals surface area (Å²) in [5, 5.41) is 6.60. The molecule has 0 aliphatic rings. The molecule has 0 atom stereocenters. The Bertz CT molecular complexity index is 673. The van der Waals surface area contributed by atoms with Gasteiger partial charge in [-0.3, -0.25) is 0 Å². The van der Waals surface area contributed by atoms with Gasteiger partial charge in [0.25, 0.3) is 0 Å². The Morgan fingerprint density at radius 2 is 1.93 bits per heavy atom. The summed E-state index contributed by atoms with van der Waals surface area (Å²) in [5.41, 5.74) is 0.837. The van der Waals surface area contributed by atoms with Crippen molar-refractivity contribution in [2.24, 2.45) is 10.9 Å². The van der Waals surface area contributed by atoms with Gasteiger partial charge in [0.1, 0.15) is 0 Å². The molecule has 0 aromatic heterocycles. The zero-order chi connectivity index (χ0) is 20.1. The van der Waals surface area contributed by atoms with Crippen molar-refractivity contribution >= 4 is 16.0 Å². The van der Waals surface area contributed by atoms with Crippen molar-refractivity contribution in [2.45, 2.75) is 45.1 Å². The molecular weight excluding hydrogens is 364 g/mol. The van der Waals surface area contributed by atoms with Crippen molar-refractivity contribution in [3.8, 4) is 0 Å². The van der Waals surface area contributed by atoms with Gasteiger partial charge in [0, 0.05) is 26.7 Å². The molecule has 0 aliphatic heterocycles. The molecule has 27 heavy (non-hydrogen) atoms. The first kappa shape index (κ1) is 23.4. The molecule has 0 bridgehead atoms. The Morgan fingerprint density at radius 3 is 2.56 bits per heavy atom. The Balaban J connectivity index is 2.79. The summed E-state index contributed by atoms with van der Waals surface area (Å²) in [4.78, 5) is 4.82. The van der Waals surface area contributed by atoms with E-state index in [0.29, 0.717) is 19.1 Å². The van der Waals surface area contributed by atoms with Crippen LogP contribution in [0, 0.1) is 5.92 Å². The molecule has 1 aromatic rings. The molecule has 0 amide bonds. The number of hydrogen-bond acceptors (Lipinski definition) is 4. The SMILES string of the molecule is CCNC(=NCc1cccc(S(=O)(=O)NCCOC)c1)NCC(CC)CC. The molecule has 0 saturated heterocycles. The smallest absolute Gasteiger partial charge is 0.240 e. The van der Waals surface area contributed by atoms with Gasteiger partial charge in [0.15, 0.2) is 5.96 Å². The Morgan fingerprint density at radius 1 is 1.19 bits per heavy atom. The van der Waals surface area contributed by atoms with Crippen LogP contribution in [0.5, 0.6) is 0 Å². The quantitative estimate of drug-likeness (QED) is 0.285. The van der Waals surface area contributed by atoms with E-state index in [-0.39, 0.29) is 11.4 Å². The molecule has 7 nitrogen and oxygen atoms in total. The van der Waals surface area contributed by atoms with Gasteiger partial charge in [0.05, 0.1) is 18.0 Å². The van der Waals surface area contributed by atoms with Crippen molar-refractivity contribution in [1.82, 2.24) is 15.4 Å². The van der Waals surface area contributed by atoms with Gasteiger partial charge in [-0.25, -0.2) is 18.1 Å². The highest BCUT2D eigenvalue weighted by atomic mass is 32.2. The number of benzene rings is 1. The van der Waals surface area contributed by atoms with Crippen molar-refractivity contribution < 1.29 is 13.2 Å². The summed E-state index contributed by atoms with van der Waals surface area (Å²) in [6.45, 7) is 9.01. The van der Waals surface area contributed by atoms with Gasteiger partial charge in [-0.05, 0) is 30.5 Å². The molecular formula is C19H34N4O3S. The van der Waals surface area contributed by atoms with E-state index in [1.54, 1.807) is 18.2 Å². The topological polar surface area (TPSA) is 91.8 Å². The lowest BCUT2D eigenvalue weighted by Crippen LogP contribution is -2.39. The second-order valence-electron chi connectivity index (χ2n) is 6.30. The summed E-state index contributed by atoms with van der Waals surface area (Å²) in [5.74, 6) is 1.36. The molecule has 0 heterocycles. The number of ether oxygens (including phenoxy) is 1. The van der Waals surface area contributed by atoms with E-state index in [0.717, 1.165) is 37.5 Å². The van der Waals surface area contributed by atoms with Crippen LogP contribution >= 0.6 is 0 Å². The molecule has 0 radical (unpaired) electrons. The lowest BCUT2D eigenvalue weighted by atomic mass is 10.0. The second kappa shape index (κ2) is 12.7. The van der Waals surface area contributed by atoms with Crippen molar-refractivity contribution in [1.29, 1.82) is 0 Å². The summed E-state index contributed by atoms with van der Waals surface area (Å²) in [6, 6.07) is 6.85. The number of methoxy groups -OCH3 is 1. The minimum absolute atomic E-state index is 0.237. The number of guanidine groups is 1. The van der Waals surface area contributed by atoms with E-state index in [4.69, 9.17) is 4.74 Å². The third-order valence-electron chi connectivity index (χ3n) is 4.28. The molecule has 8 heteroatoms. The largest absolute Gasteiger partial charge is 0.383 e. The molecule has 0 aliphatic carbocycles. The fraction of sp³-hybridized carbons (Fsp3) is 0.632. The minimum atomic E-state index is -3.54. The molecule has 0 unspecified atom stereocenters. The van der Waals surface area contributed by atoms with Gasteiger partial charge in [-0.2, -0.15) is 0 Å². The number of hydrogen-bond donors (Lipinski definition) is 3. The van der Waals surface area contributed by atoms with Crippen molar-refractivity contribution in [3.05, 3.63) is 29.8 Å². The highest BCUT2D eigenvalue weighted by Crippen LogP contribution is 2.12. The third-order valence-corrected chi connectivity index (χ3v) is 5.74. The lowest BCUT2D eigenvalue weighted by molar-refractivity contribution is 0.204. The van der Waals surface area contributed by atoms with Gasteiger partial charge >= 0.3 is 0 Å². The summed E-state index contributed by atoms with van der Waals surface area (Å²) < 4.78 is 32.0. The first-order valence-corrected chi connectivity index (χ1v) is 11.0. The fourth-order valence-corrected chi connectivity index (χ4v) is 3.59. The van der Waals surface area contributed by atoms with E-state index in [1.165, 1.54) is 7.11 Å². The average Bonchev–Trinajstić information content (AvgIpc) is 2.67. The van der Waals surface area contributed by atoms with Crippen LogP contribution in [0.4, 0.5) is 0 Å². The van der Waals surface area contributed by atoms with Crippen LogP contribution in [0.3, 0.4) is 0 Å². The number of nitrogens with zero attached hydrogens (tertiary/aromatic N) is 1. The zero-order valence-corrected chi connectivity index (χ0v) is 17.7. The van der Waals surface area contributed by atoms with Crippen LogP contribution in [0.2, 0.25) is 0 Å². The molecule has 0 spiro atoms. The monoisotopic (exact) mass is 398 g/mol. The summed E-state index contributed by atoms with van der Waals surface area (Å²) in [7, 11) is -2.01. The van der Waals surface area contributed by atoms with E-state index in [1.807, 2.05) is 13.0 Å². The van der Waals surface area contributed by atoms with E-state index in [9.17, 15) is 8.42 Å². The summed E-state index contributed by atoms with van der Waals surface area (Å²) in [6.07, 6.45) is 2.25. The standard InChI is InChI=1S/C19H34N4O3S/c1-5-16(6-2)14-21-19(20-7-3)22-15-17-9-8-10-18(13-17)27(24,25)23-11-12-26-4/h8-10,13,16,23H,5-7,11-12,14-15H2,1-4H3,(H2,20,21,22). The third kappa shape index (κ3) is 8.73. The Hall–Kier alpha value is -1.64.